The molecule has 35 heavy (non-hydrogen) atoms. The number of fused-ring (bicyclic) bond motifs is 1. The summed E-state index contributed by atoms with van der Waals surface area (Å²) in [6, 6.07) is 16.4. The second kappa shape index (κ2) is 9.13. The summed E-state index contributed by atoms with van der Waals surface area (Å²) in [6.07, 6.45) is 3.07. The molecule has 0 unspecified atom stereocenters. The third-order valence-electron chi connectivity index (χ3n) is 6.07. The molecule has 0 aliphatic carbocycles. The van der Waals surface area contributed by atoms with Crippen LogP contribution in [0.2, 0.25) is 0 Å². The van der Waals surface area contributed by atoms with E-state index in [-0.39, 0.29) is 11.8 Å². The van der Waals surface area contributed by atoms with Crippen LogP contribution in [-0.4, -0.2) is 33.1 Å². The molecule has 3 heterocycles. The standard InChI is InChI=1S/C27H24FN5O2/c1-17-15-18(2)33(31-17)25-13-10-20(16-29-25)27(35)32-14-4-5-22-23(6-3-7-24(22)32)30-26(34)19-8-11-21(28)12-9-19/h3,6-13,15-16H,4-5,14H2,1-2H3,(H,30,34). The van der Waals surface area contributed by atoms with E-state index in [0.717, 1.165) is 35.5 Å². The first-order chi connectivity index (χ1) is 16.9. The fourth-order valence-electron chi connectivity index (χ4n) is 4.40. The van der Waals surface area contributed by atoms with E-state index < -0.39 is 5.82 Å². The minimum Gasteiger partial charge on any atom is -0.322 e. The lowest BCUT2D eigenvalue weighted by Crippen LogP contribution is -2.36. The molecule has 0 radical (unpaired) electrons. The van der Waals surface area contributed by atoms with Crippen LogP contribution in [0.1, 0.15) is 44.1 Å². The largest absolute Gasteiger partial charge is 0.322 e. The molecule has 5 rings (SSSR count). The SMILES string of the molecule is Cc1cc(C)n(-c2ccc(C(=O)N3CCCc4c(NC(=O)c5ccc(F)cc5)cccc43)cn2)n1. The Kier molecular flexibility index (Phi) is 5.86. The predicted octanol–water partition coefficient (Wildman–Crippen LogP) is 4.87. The van der Waals surface area contributed by atoms with Gasteiger partial charge in [0.2, 0.25) is 0 Å². The lowest BCUT2D eigenvalue weighted by atomic mass is 9.98. The minimum absolute atomic E-state index is 0.152. The number of carbonyl (C=O) groups excluding carboxylic acids is 2. The number of nitrogens with zero attached hydrogens (tertiary/aromatic N) is 4. The van der Waals surface area contributed by atoms with E-state index in [4.69, 9.17) is 0 Å². The van der Waals surface area contributed by atoms with E-state index in [9.17, 15) is 14.0 Å². The number of anilines is 2. The highest BCUT2D eigenvalue weighted by Gasteiger charge is 2.26. The van der Waals surface area contributed by atoms with Crippen LogP contribution in [0.5, 0.6) is 0 Å². The molecule has 4 aromatic rings. The van der Waals surface area contributed by atoms with Crippen LogP contribution in [0.25, 0.3) is 5.82 Å². The van der Waals surface area contributed by atoms with Crippen LogP contribution in [0.15, 0.2) is 66.9 Å². The average molecular weight is 470 g/mol. The van der Waals surface area contributed by atoms with Crippen LogP contribution >= 0.6 is 0 Å². The molecule has 0 spiro atoms. The van der Waals surface area contributed by atoms with Crippen molar-refractivity contribution in [1.82, 2.24) is 14.8 Å². The molecule has 0 atom stereocenters. The smallest absolute Gasteiger partial charge is 0.259 e. The van der Waals surface area contributed by atoms with Crippen LogP contribution in [0.3, 0.4) is 0 Å². The highest BCUT2D eigenvalue weighted by Crippen LogP contribution is 2.34. The number of hydrogen-bond acceptors (Lipinski definition) is 4. The van der Waals surface area contributed by atoms with Crippen molar-refractivity contribution in [3.63, 3.8) is 0 Å². The van der Waals surface area contributed by atoms with Crippen molar-refractivity contribution >= 4 is 23.2 Å². The first kappa shape index (κ1) is 22.5. The Morgan fingerprint density at radius 2 is 1.77 bits per heavy atom. The zero-order chi connectivity index (χ0) is 24.5. The van der Waals surface area contributed by atoms with Gasteiger partial charge in [-0.3, -0.25) is 9.59 Å². The van der Waals surface area contributed by atoms with Crippen molar-refractivity contribution in [2.75, 3.05) is 16.8 Å². The molecular formula is C27H24FN5O2. The van der Waals surface area contributed by atoms with Gasteiger partial charge in [0, 0.05) is 35.4 Å². The summed E-state index contributed by atoms with van der Waals surface area (Å²) in [6.45, 7) is 4.45. The number of benzene rings is 2. The van der Waals surface area contributed by atoms with Gasteiger partial charge in [0.15, 0.2) is 5.82 Å². The molecular weight excluding hydrogens is 445 g/mol. The zero-order valence-electron chi connectivity index (χ0n) is 19.5. The highest BCUT2D eigenvalue weighted by molar-refractivity contribution is 6.08. The number of hydrogen-bond donors (Lipinski definition) is 1. The quantitative estimate of drug-likeness (QED) is 0.463. The van der Waals surface area contributed by atoms with Crippen molar-refractivity contribution in [3.8, 4) is 5.82 Å². The Morgan fingerprint density at radius 3 is 2.46 bits per heavy atom. The Bertz CT molecular complexity index is 1410. The van der Waals surface area contributed by atoms with Crippen molar-refractivity contribution in [1.29, 1.82) is 0 Å². The number of aromatic nitrogens is 3. The molecule has 0 fully saturated rings. The maximum absolute atomic E-state index is 13.4. The number of pyridine rings is 1. The third-order valence-corrected chi connectivity index (χ3v) is 6.07. The molecule has 2 amide bonds. The minimum atomic E-state index is -0.398. The lowest BCUT2D eigenvalue weighted by Gasteiger charge is -2.31. The Labute approximate surface area is 202 Å². The monoisotopic (exact) mass is 469 g/mol. The molecule has 1 aliphatic rings. The van der Waals surface area contributed by atoms with Gasteiger partial charge in [-0.15, -0.1) is 0 Å². The normalized spacial score (nSPS) is 12.8. The maximum atomic E-state index is 13.4. The topological polar surface area (TPSA) is 80.1 Å². The van der Waals surface area contributed by atoms with Gasteiger partial charge in [0.25, 0.3) is 11.8 Å². The number of carbonyl (C=O) groups is 2. The summed E-state index contributed by atoms with van der Waals surface area (Å²) in [5.41, 5.74) is 5.01. The van der Waals surface area contributed by atoms with E-state index in [1.54, 1.807) is 27.9 Å². The van der Waals surface area contributed by atoms with Crippen LogP contribution < -0.4 is 10.2 Å². The van der Waals surface area contributed by atoms with Crippen molar-refractivity contribution in [3.05, 3.63) is 101 Å². The molecule has 0 bridgehead atoms. The summed E-state index contributed by atoms with van der Waals surface area (Å²) in [5, 5.41) is 7.36. The first-order valence-corrected chi connectivity index (χ1v) is 11.4. The van der Waals surface area contributed by atoms with Gasteiger partial charge in [0.05, 0.1) is 11.3 Å². The van der Waals surface area contributed by atoms with E-state index in [1.807, 2.05) is 38.1 Å². The van der Waals surface area contributed by atoms with E-state index in [2.05, 4.69) is 15.4 Å². The molecule has 2 aromatic carbocycles. The van der Waals surface area contributed by atoms with Gasteiger partial charge in [-0.25, -0.2) is 14.1 Å². The van der Waals surface area contributed by atoms with Gasteiger partial charge in [-0.05, 0) is 86.8 Å². The summed E-state index contributed by atoms with van der Waals surface area (Å²) in [4.78, 5) is 32.3. The van der Waals surface area contributed by atoms with Gasteiger partial charge in [-0.2, -0.15) is 5.10 Å². The van der Waals surface area contributed by atoms with Gasteiger partial charge < -0.3 is 10.2 Å². The number of nitrogens with one attached hydrogen (secondary N) is 1. The number of aryl methyl sites for hydroxylation is 2. The van der Waals surface area contributed by atoms with Crippen molar-refractivity contribution in [2.24, 2.45) is 0 Å². The maximum Gasteiger partial charge on any atom is 0.259 e. The Morgan fingerprint density at radius 1 is 1.00 bits per heavy atom. The van der Waals surface area contributed by atoms with Crippen LogP contribution in [-0.2, 0) is 6.42 Å². The molecule has 1 N–H and O–H groups in total. The second-order valence-corrected chi connectivity index (χ2v) is 8.57. The van der Waals surface area contributed by atoms with Gasteiger partial charge in [0.1, 0.15) is 5.82 Å². The zero-order valence-corrected chi connectivity index (χ0v) is 19.5. The summed E-state index contributed by atoms with van der Waals surface area (Å²) in [5.74, 6) is -0.228. The summed E-state index contributed by atoms with van der Waals surface area (Å²) in [7, 11) is 0. The molecule has 8 heteroatoms. The average Bonchev–Trinajstić information content (AvgIpc) is 3.21. The predicted molar refractivity (Wildman–Crippen MR) is 132 cm³/mol. The van der Waals surface area contributed by atoms with Crippen molar-refractivity contribution in [2.45, 2.75) is 26.7 Å². The fourth-order valence-corrected chi connectivity index (χ4v) is 4.40. The molecule has 176 valence electrons. The Hall–Kier alpha value is -4.33. The van der Waals surface area contributed by atoms with Gasteiger partial charge >= 0.3 is 0 Å². The van der Waals surface area contributed by atoms with E-state index >= 15 is 0 Å². The Balaban J connectivity index is 1.39. The second-order valence-electron chi connectivity index (χ2n) is 8.57. The molecule has 1 aliphatic heterocycles. The molecule has 0 saturated carbocycles. The van der Waals surface area contributed by atoms with Crippen molar-refractivity contribution < 1.29 is 14.0 Å². The number of halogens is 1. The van der Waals surface area contributed by atoms with Crippen LogP contribution in [0, 0.1) is 19.7 Å². The van der Waals surface area contributed by atoms with E-state index in [1.165, 1.54) is 24.3 Å². The summed E-state index contributed by atoms with van der Waals surface area (Å²) < 4.78 is 15.0. The molecule has 7 nitrogen and oxygen atoms in total. The number of rotatable bonds is 4. The highest BCUT2D eigenvalue weighted by atomic mass is 19.1. The first-order valence-electron chi connectivity index (χ1n) is 11.4. The third kappa shape index (κ3) is 4.42. The summed E-state index contributed by atoms with van der Waals surface area (Å²) >= 11 is 0. The number of amides is 2. The van der Waals surface area contributed by atoms with Gasteiger partial charge in [-0.1, -0.05) is 6.07 Å². The van der Waals surface area contributed by atoms with Crippen LogP contribution in [0.4, 0.5) is 15.8 Å². The lowest BCUT2D eigenvalue weighted by molar-refractivity contribution is 0.0983. The molecule has 2 aromatic heterocycles. The van der Waals surface area contributed by atoms with E-state index in [0.29, 0.717) is 29.2 Å². The fraction of sp³-hybridized carbons (Fsp3) is 0.185. The molecule has 0 saturated heterocycles.